The van der Waals surface area contributed by atoms with Crippen LogP contribution in [0.15, 0.2) is 24.3 Å². The summed E-state index contributed by atoms with van der Waals surface area (Å²) in [6.07, 6.45) is 30.5. The van der Waals surface area contributed by atoms with Crippen molar-refractivity contribution in [3.8, 4) is 6.07 Å². The Hall–Kier alpha value is -3.32. The summed E-state index contributed by atoms with van der Waals surface area (Å²) < 4.78 is 1.97. The first kappa shape index (κ1) is 47.4. The number of rotatable bonds is 30. The Bertz CT molecular complexity index is 1970. The molecular weight excluding hydrogens is 749 g/mol. The summed E-state index contributed by atoms with van der Waals surface area (Å²) in [5.74, 6) is -0.116. The molecule has 0 aliphatic heterocycles. The van der Waals surface area contributed by atoms with Gasteiger partial charge in [-0.25, -0.2) is 4.85 Å². The Balaban J connectivity index is 1.90. The predicted octanol–water partition coefficient (Wildman–Crippen LogP) is 15.4. The van der Waals surface area contributed by atoms with E-state index in [0.29, 0.717) is 12.8 Å². The highest BCUT2D eigenvalue weighted by Gasteiger charge is 2.20. The summed E-state index contributed by atoms with van der Waals surface area (Å²) in [5.41, 5.74) is 0.530. The molecule has 4 rings (SSSR count). The zero-order chi connectivity index (χ0) is 41.5. The highest BCUT2D eigenvalue weighted by molar-refractivity contribution is 7.19. The minimum atomic E-state index is -0.0598. The molecule has 0 bridgehead atoms. The lowest BCUT2D eigenvalue weighted by Crippen LogP contribution is -2.15. The molecule has 0 atom stereocenters. The first-order valence-corrected chi connectivity index (χ1v) is 25.1. The van der Waals surface area contributed by atoms with Gasteiger partial charge in [-0.2, -0.15) is 5.26 Å². The molecule has 0 fully saturated rings. The number of hydrogen-bond acceptors (Lipinski definition) is 5. The number of carbonyl (C=O) groups excluding carboxylic acids is 2. The Morgan fingerprint density at radius 2 is 0.897 bits per heavy atom. The van der Waals surface area contributed by atoms with Gasteiger partial charge in [0.05, 0.1) is 6.57 Å². The van der Waals surface area contributed by atoms with E-state index >= 15 is 0 Å². The van der Waals surface area contributed by atoms with E-state index in [-0.39, 0.29) is 22.8 Å². The van der Waals surface area contributed by atoms with Crippen molar-refractivity contribution in [2.75, 3.05) is 0 Å². The third-order valence-electron chi connectivity index (χ3n) is 11.9. The van der Waals surface area contributed by atoms with Crippen LogP contribution in [0, 0.1) is 17.9 Å². The van der Waals surface area contributed by atoms with Crippen LogP contribution in [0.25, 0.3) is 47.1 Å². The molecule has 6 heteroatoms. The molecule has 314 valence electrons. The van der Waals surface area contributed by atoms with E-state index in [1.165, 1.54) is 112 Å². The van der Waals surface area contributed by atoms with Gasteiger partial charge in [0.2, 0.25) is 5.70 Å². The maximum atomic E-state index is 13.9. The number of hydrogen-bond donors (Lipinski definition) is 0. The van der Waals surface area contributed by atoms with Crippen molar-refractivity contribution in [1.82, 2.24) is 0 Å². The van der Waals surface area contributed by atoms with E-state index in [4.69, 9.17) is 6.57 Å². The lowest BCUT2D eigenvalue weighted by atomic mass is 9.96. The summed E-state index contributed by atoms with van der Waals surface area (Å²) in [7, 11) is 0. The quantitative estimate of drug-likeness (QED) is 0.0389. The van der Waals surface area contributed by atoms with Gasteiger partial charge in [0.15, 0.2) is 11.6 Å². The smallest absolute Gasteiger partial charge is 0.237 e. The van der Waals surface area contributed by atoms with E-state index in [2.05, 4.69) is 62.9 Å². The highest BCUT2D eigenvalue weighted by Crippen LogP contribution is 2.37. The molecule has 0 aliphatic carbocycles. The van der Waals surface area contributed by atoms with E-state index in [1.807, 2.05) is 0 Å². The molecule has 0 aliphatic rings. The van der Waals surface area contributed by atoms with Gasteiger partial charge < -0.3 is 4.79 Å². The number of nitrogens with zero attached hydrogens (tertiary/aromatic N) is 2. The Morgan fingerprint density at radius 3 is 1.33 bits per heavy atom. The molecule has 0 N–H and O–H groups in total. The van der Waals surface area contributed by atoms with Gasteiger partial charge in [-0.3, -0.25) is 4.79 Å². The summed E-state index contributed by atoms with van der Waals surface area (Å²) in [5, 5.41) is 16.3. The fourth-order valence-corrected chi connectivity index (χ4v) is 10.9. The van der Waals surface area contributed by atoms with Gasteiger partial charge in [0, 0.05) is 47.8 Å². The summed E-state index contributed by atoms with van der Waals surface area (Å²) in [6, 6.07) is 11.2. The van der Waals surface area contributed by atoms with Gasteiger partial charge in [-0.05, 0) is 72.9 Å². The maximum absolute atomic E-state index is 13.9. The third kappa shape index (κ3) is 13.9. The van der Waals surface area contributed by atoms with E-state index in [1.54, 1.807) is 22.7 Å². The third-order valence-corrected chi connectivity index (χ3v) is 14.3. The van der Waals surface area contributed by atoms with Crippen LogP contribution in [0.1, 0.15) is 204 Å². The number of benzene rings is 2. The van der Waals surface area contributed by atoms with Crippen LogP contribution in [-0.2, 0) is 22.4 Å². The number of ketones is 2. The average molecular weight is 821 g/mol. The first-order chi connectivity index (χ1) is 28.4. The van der Waals surface area contributed by atoms with Crippen LogP contribution in [0.3, 0.4) is 0 Å². The van der Waals surface area contributed by atoms with Crippen molar-refractivity contribution in [2.45, 2.75) is 207 Å². The number of carbonyl (C=O) groups is 2. The number of fused-ring (bicyclic) bond motifs is 5. The van der Waals surface area contributed by atoms with Crippen molar-refractivity contribution in [1.29, 1.82) is 5.26 Å². The highest BCUT2D eigenvalue weighted by atomic mass is 32.1. The molecule has 2 aromatic carbocycles. The normalized spacial score (nSPS) is 12.7. The van der Waals surface area contributed by atoms with Crippen molar-refractivity contribution in [2.24, 2.45) is 0 Å². The van der Waals surface area contributed by atoms with Crippen molar-refractivity contribution >= 4 is 76.5 Å². The van der Waals surface area contributed by atoms with E-state index in [0.717, 1.165) is 106 Å². The second-order valence-corrected chi connectivity index (χ2v) is 19.0. The fourth-order valence-electron chi connectivity index (χ4n) is 8.39. The van der Waals surface area contributed by atoms with Crippen LogP contribution >= 0.6 is 22.7 Å². The number of Topliss-reactive ketones (excluding diaryl/α,β-unsaturated/α-hetero) is 2. The fraction of sp³-hybridized carbons (Fsp3) is 0.615. The topological polar surface area (TPSA) is 62.3 Å². The minimum absolute atomic E-state index is 0.0562. The van der Waals surface area contributed by atoms with Crippen molar-refractivity contribution in [3.05, 3.63) is 55.9 Å². The Morgan fingerprint density at radius 1 is 0.517 bits per heavy atom. The van der Waals surface area contributed by atoms with Crippen LogP contribution in [0.5, 0.6) is 0 Å². The Kier molecular flexibility index (Phi) is 21.8. The molecule has 0 unspecified atom stereocenters. The molecule has 2 heterocycles. The molecular formula is C52H72N2O2S2. The number of thiophene rings is 2. The molecule has 0 spiro atoms. The second kappa shape index (κ2) is 26.7. The largest absolute Gasteiger partial charge is 0.308 e. The van der Waals surface area contributed by atoms with Crippen molar-refractivity contribution < 1.29 is 9.59 Å². The standard InChI is InChI=1S/C52H72N2O2S2/c1-6-10-14-18-22-26-30-39-34-43-42-37-46(50(54-5)49(56)33-29-25-21-17-13-9-4)52-44(35-40(58-52)31-27-23-19-15-11-7-2)41(42)36-45(51(43)57-39)47(38-53)48(55)32-28-24-20-16-12-8-3/h34-37H,6-33H2,1-4H3/b47-45+,50-46-. The maximum Gasteiger partial charge on any atom is 0.237 e. The predicted molar refractivity (Wildman–Crippen MR) is 253 cm³/mol. The zero-order valence-corrected chi connectivity index (χ0v) is 38.3. The number of nitriles is 1. The second-order valence-electron chi connectivity index (χ2n) is 16.7. The lowest BCUT2D eigenvalue weighted by molar-refractivity contribution is -0.114. The van der Waals surface area contributed by atoms with Crippen molar-refractivity contribution in [3.63, 3.8) is 0 Å². The lowest BCUT2D eigenvalue weighted by Gasteiger charge is -2.08. The average Bonchev–Trinajstić information content (AvgIpc) is 3.86. The molecule has 0 amide bonds. The molecule has 58 heavy (non-hydrogen) atoms. The van der Waals surface area contributed by atoms with Gasteiger partial charge >= 0.3 is 0 Å². The molecule has 0 radical (unpaired) electrons. The van der Waals surface area contributed by atoms with E-state index < -0.39 is 0 Å². The van der Waals surface area contributed by atoms with Gasteiger partial charge in [0.25, 0.3) is 0 Å². The van der Waals surface area contributed by atoms with E-state index in [9.17, 15) is 14.9 Å². The molecule has 4 aromatic rings. The van der Waals surface area contributed by atoms with Crippen LogP contribution in [-0.4, -0.2) is 11.6 Å². The van der Waals surface area contributed by atoms with Crippen LogP contribution in [0.2, 0.25) is 0 Å². The SMILES string of the molecule is [C-]#[N+]/C(C(=O)CCCCCCCC)=c1/cc2c3cc(CCCCCCCC)sc3/c(=C(\C#N)C(=O)CCCCCCCC)cc2c2cc(CCCCCCCC)sc12. The Labute approximate surface area is 359 Å². The number of aryl methyl sites for hydroxylation is 2. The monoisotopic (exact) mass is 821 g/mol. The summed E-state index contributed by atoms with van der Waals surface area (Å²) in [6.45, 7) is 17.3. The van der Waals surface area contributed by atoms with Gasteiger partial charge in [0.1, 0.15) is 11.6 Å². The molecule has 0 saturated heterocycles. The first-order valence-electron chi connectivity index (χ1n) is 23.4. The van der Waals surface area contributed by atoms with Crippen LogP contribution < -0.4 is 10.4 Å². The van der Waals surface area contributed by atoms with Gasteiger partial charge in [-0.15, -0.1) is 22.7 Å². The molecule has 4 nitrogen and oxygen atoms in total. The summed E-state index contributed by atoms with van der Waals surface area (Å²) >= 11 is 3.45. The number of unbranched alkanes of at least 4 members (excludes halogenated alkanes) is 20. The molecule has 0 saturated carbocycles. The van der Waals surface area contributed by atoms with Gasteiger partial charge in [-0.1, -0.05) is 162 Å². The summed E-state index contributed by atoms with van der Waals surface area (Å²) in [4.78, 5) is 34.4. The van der Waals surface area contributed by atoms with Crippen LogP contribution in [0.4, 0.5) is 0 Å². The zero-order valence-electron chi connectivity index (χ0n) is 36.6. The molecule has 2 aromatic heterocycles. The minimum Gasteiger partial charge on any atom is -0.308 e.